The Labute approximate surface area is 103 Å². The highest BCUT2D eigenvalue weighted by Crippen LogP contribution is 2.23. The van der Waals surface area contributed by atoms with E-state index in [1.807, 2.05) is 0 Å². The first-order valence-corrected chi connectivity index (χ1v) is 5.26. The molecule has 0 aliphatic carbocycles. The molecule has 0 radical (unpaired) electrons. The molecule has 6 heteroatoms. The number of halogens is 3. The van der Waals surface area contributed by atoms with E-state index < -0.39 is 23.7 Å². The summed E-state index contributed by atoms with van der Waals surface area (Å²) in [4.78, 5) is 15.1. The maximum absolute atomic E-state index is 12.3. The lowest BCUT2D eigenvalue weighted by Crippen LogP contribution is -2.24. The van der Waals surface area contributed by atoms with E-state index in [2.05, 4.69) is 4.98 Å². The van der Waals surface area contributed by atoms with E-state index in [4.69, 9.17) is 16.3 Å². The fourth-order valence-electron chi connectivity index (χ4n) is 1.06. The van der Waals surface area contributed by atoms with Gasteiger partial charge in [-0.05, 0) is 32.9 Å². The predicted octanol–water partition coefficient (Wildman–Crippen LogP) is 3.63. The van der Waals surface area contributed by atoms with Crippen LogP contribution in [-0.4, -0.2) is 16.6 Å². The molecule has 17 heavy (non-hydrogen) atoms. The Morgan fingerprint density at radius 3 is 2.41 bits per heavy atom. The third-order valence-electron chi connectivity index (χ3n) is 1.71. The Kier molecular flexibility index (Phi) is 4.03. The molecular formula is C11H12ClF2NO2. The molecule has 0 saturated carbocycles. The lowest BCUT2D eigenvalue weighted by atomic mass is 10.2. The fraction of sp³-hybridized carbons (Fsp3) is 0.455. The van der Waals surface area contributed by atoms with Crippen LogP contribution in [0.2, 0.25) is 5.15 Å². The summed E-state index contributed by atoms with van der Waals surface area (Å²) in [6.07, 6.45) is -2.72. The van der Waals surface area contributed by atoms with Crippen molar-refractivity contribution in [2.75, 3.05) is 0 Å². The summed E-state index contributed by atoms with van der Waals surface area (Å²) >= 11 is 5.65. The van der Waals surface area contributed by atoms with Crippen molar-refractivity contribution in [3.63, 3.8) is 0 Å². The molecule has 0 aliphatic heterocycles. The van der Waals surface area contributed by atoms with E-state index in [1.165, 1.54) is 6.07 Å². The molecule has 0 unspecified atom stereocenters. The van der Waals surface area contributed by atoms with Gasteiger partial charge in [0, 0.05) is 0 Å². The van der Waals surface area contributed by atoms with Gasteiger partial charge in [0.2, 0.25) is 0 Å². The van der Waals surface area contributed by atoms with Crippen LogP contribution in [0.3, 0.4) is 0 Å². The summed E-state index contributed by atoms with van der Waals surface area (Å²) in [6.45, 7) is 5.08. The first-order chi connectivity index (χ1) is 7.70. The van der Waals surface area contributed by atoms with Gasteiger partial charge in [-0.15, -0.1) is 0 Å². The number of esters is 1. The van der Waals surface area contributed by atoms with E-state index >= 15 is 0 Å². The quantitative estimate of drug-likeness (QED) is 0.604. The summed E-state index contributed by atoms with van der Waals surface area (Å²) in [7, 11) is 0. The minimum atomic E-state index is -2.72. The molecule has 0 aromatic carbocycles. The van der Waals surface area contributed by atoms with Crippen LogP contribution >= 0.6 is 11.6 Å². The Morgan fingerprint density at radius 2 is 2.00 bits per heavy atom. The van der Waals surface area contributed by atoms with Crippen molar-refractivity contribution in [2.24, 2.45) is 0 Å². The first-order valence-electron chi connectivity index (χ1n) is 4.88. The molecule has 94 valence electrons. The normalized spacial score (nSPS) is 11.7. The van der Waals surface area contributed by atoms with E-state index in [1.54, 1.807) is 20.8 Å². The van der Waals surface area contributed by atoms with Gasteiger partial charge < -0.3 is 4.74 Å². The minimum absolute atomic E-state index is 0.0222. The zero-order chi connectivity index (χ0) is 13.2. The molecule has 1 rings (SSSR count). The molecule has 1 heterocycles. The Morgan fingerprint density at radius 1 is 1.41 bits per heavy atom. The largest absolute Gasteiger partial charge is 0.456 e. The molecule has 1 aromatic heterocycles. The Balaban J connectivity index is 2.96. The molecule has 0 N–H and O–H groups in total. The molecule has 0 aliphatic rings. The van der Waals surface area contributed by atoms with Crippen LogP contribution in [0.25, 0.3) is 0 Å². The van der Waals surface area contributed by atoms with Gasteiger partial charge in [-0.25, -0.2) is 18.6 Å². The number of pyridine rings is 1. The van der Waals surface area contributed by atoms with Crippen molar-refractivity contribution in [3.05, 3.63) is 28.5 Å². The Hall–Kier alpha value is -1.23. The number of rotatable bonds is 2. The maximum atomic E-state index is 12.3. The number of hydrogen-bond acceptors (Lipinski definition) is 3. The molecule has 0 fully saturated rings. The number of aromatic nitrogens is 1. The lowest BCUT2D eigenvalue weighted by Gasteiger charge is -2.19. The van der Waals surface area contributed by atoms with Crippen LogP contribution in [0.4, 0.5) is 8.78 Å². The van der Waals surface area contributed by atoms with E-state index in [0.29, 0.717) is 0 Å². The van der Waals surface area contributed by atoms with Crippen molar-refractivity contribution in [2.45, 2.75) is 32.8 Å². The van der Waals surface area contributed by atoms with Crippen molar-refractivity contribution in [1.82, 2.24) is 4.98 Å². The van der Waals surface area contributed by atoms with Crippen molar-refractivity contribution in [1.29, 1.82) is 0 Å². The number of carbonyl (C=O) groups excluding carboxylic acids is 1. The first kappa shape index (κ1) is 13.8. The van der Waals surface area contributed by atoms with Gasteiger partial charge in [-0.3, -0.25) is 0 Å². The second-order valence-electron chi connectivity index (χ2n) is 4.38. The van der Waals surface area contributed by atoms with Crippen molar-refractivity contribution in [3.8, 4) is 0 Å². The maximum Gasteiger partial charge on any atom is 0.341 e. The van der Waals surface area contributed by atoms with Gasteiger partial charge >= 0.3 is 5.97 Å². The van der Waals surface area contributed by atoms with Gasteiger partial charge in [0.05, 0.1) is 5.56 Å². The smallest absolute Gasteiger partial charge is 0.341 e. The number of hydrogen-bond donors (Lipinski definition) is 0. The SMILES string of the molecule is CC(C)(C)OC(=O)c1ccc(C(F)F)nc1Cl. The average Bonchev–Trinajstić information content (AvgIpc) is 2.14. The van der Waals surface area contributed by atoms with Crippen LogP contribution in [0.5, 0.6) is 0 Å². The van der Waals surface area contributed by atoms with E-state index in [9.17, 15) is 13.6 Å². The summed E-state index contributed by atoms with van der Waals surface area (Å²) in [5.74, 6) is -0.684. The van der Waals surface area contributed by atoms with Gasteiger partial charge in [0.1, 0.15) is 16.4 Å². The summed E-state index contributed by atoms with van der Waals surface area (Å²) in [5.41, 5.74) is -1.17. The van der Waals surface area contributed by atoms with Crippen molar-refractivity contribution < 1.29 is 18.3 Å². The highest BCUT2D eigenvalue weighted by Gasteiger charge is 2.21. The summed E-state index contributed by atoms with van der Waals surface area (Å²) in [6, 6.07) is 2.24. The standard InChI is InChI=1S/C11H12ClF2NO2/c1-11(2,3)17-10(16)6-4-5-7(9(13)14)15-8(6)12/h4-5,9H,1-3H3. The van der Waals surface area contributed by atoms with Gasteiger partial charge in [0.15, 0.2) is 0 Å². The second-order valence-corrected chi connectivity index (χ2v) is 4.74. The molecule has 0 atom stereocenters. The molecule has 0 saturated heterocycles. The van der Waals surface area contributed by atoms with Crippen LogP contribution in [0.15, 0.2) is 12.1 Å². The zero-order valence-corrected chi connectivity index (χ0v) is 10.4. The van der Waals surface area contributed by atoms with Gasteiger partial charge in [-0.1, -0.05) is 11.6 Å². The summed E-state index contributed by atoms with van der Waals surface area (Å²) < 4.78 is 29.7. The molecule has 0 bridgehead atoms. The Bertz CT molecular complexity index is 430. The van der Waals surface area contributed by atoms with Crippen molar-refractivity contribution >= 4 is 17.6 Å². The minimum Gasteiger partial charge on any atom is -0.456 e. The third-order valence-corrected chi connectivity index (χ3v) is 2.00. The summed E-state index contributed by atoms with van der Waals surface area (Å²) in [5, 5.41) is -0.281. The number of carbonyl (C=O) groups is 1. The van der Waals surface area contributed by atoms with Crippen LogP contribution < -0.4 is 0 Å². The number of ether oxygens (including phenoxy) is 1. The predicted molar refractivity (Wildman–Crippen MR) is 59.4 cm³/mol. The lowest BCUT2D eigenvalue weighted by molar-refractivity contribution is 0.00689. The van der Waals surface area contributed by atoms with E-state index in [-0.39, 0.29) is 10.7 Å². The topological polar surface area (TPSA) is 39.2 Å². The van der Waals surface area contributed by atoms with E-state index in [0.717, 1.165) is 6.07 Å². The highest BCUT2D eigenvalue weighted by atomic mass is 35.5. The monoisotopic (exact) mass is 263 g/mol. The van der Waals surface area contributed by atoms with Crippen LogP contribution in [0, 0.1) is 0 Å². The second kappa shape index (κ2) is 4.96. The molecule has 0 spiro atoms. The third kappa shape index (κ3) is 3.93. The zero-order valence-electron chi connectivity index (χ0n) is 9.63. The number of nitrogens with zero attached hydrogens (tertiary/aromatic N) is 1. The molecule has 1 aromatic rings. The highest BCUT2D eigenvalue weighted by molar-refractivity contribution is 6.32. The molecule has 3 nitrogen and oxygen atoms in total. The molecular weight excluding hydrogens is 252 g/mol. The van der Waals surface area contributed by atoms with Crippen LogP contribution in [-0.2, 0) is 4.74 Å². The van der Waals surface area contributed by atoms with Crippen LogP contribution in [0.1, 0.15) is 43.2 Å². The average molecular weight is 264 g/mol. The molecule has 0 amide bonds. The van der Waals surface area contributed by atoms with Gasteiger partial charge in [0.25, 0.3) is 6.43 Å². The van der Waals surface area contributed by atoms with Gasteiger partial charge in [-0.2, -0.15) is 0 Å². The fourth-order valence-corrected chi connectivity index (χ4v) is 1.29. The number of alkyl halides is 2.